The van der Waals surface area contributed by atoms with Gasteiger partial charge in [0.2, 0.25) is 0 Å². The zero-order chi connectivity index (χ0) is 14.4. The van der Waals surface area contributed by atoms with Crippen molar-refractivity contribution in [2.75, 3.05) is 5.32 Å². The van der Waals surface area contributed by atoms with Crippen molar-refractivity contribution in [3.63, 3.8) is 0 Å². The molecule has 2 rings (SSSR count). The first-order valence-electron chi connectivity index (χ1n) is 6.04. The second-order valence-corrected chi connectivity index (χ2v) is 4.97. The van der Waals surface area contributed by atoms with Crippen LogP contribution in [-0.2, 0) is 11.3 Å². The lowest BCUT2D eigenvalue weighted by Crippen LogP contribution is -2.33. The second-order valence-electron chi connectivity index (χ2n) is 4.13. The van der Waals surface area contributed by atoms with E-state index in [-0.39, 0.29) is 10.9 Å². The van der Waals surface area contributed by atoms with Crippen LogP contribution in [0.25, 0.3) is 0 Å². The summed E-state index contributed by atoms with van der Waals surface area (Å²) in [6.45, 7) is 0.522. The summed E-state index contributed by atoms with van der Waals surface area (Å²) in [5, 5.41) is 6.25. The van der Waals surface area contributed by atoms with Crippen molar-refractivity contribution in [3.8, 4) is 0 Å². The van der Waals surface area contributed by atoms with Gasteiger partial charge in [-0.1, -0.05) is 54.2 Å². The van der Waals surface area contributed by atoms with Crippen LogP contribution in [0.1, 0.15) is 5.56 Å². The monoisotopic (exact) mass is 304 g/mol. The standard InChI is InChI=1S/C15H13ClN2OS/c16-12-6-8-13(9-7-12)18-14(19)15(20)17-10-11-4-2-1-3-5-11/h1-9H,10H2,(H,17,20)(H,18,19). The van der Waals surface area contributed by atoms with Crippen LogP contribution in [-0.4, -0.2) is 10.9 Å². The maximum atomic E-state index is 11.9. The molecule has 0 atom stereocenters. The van der Waals surface area contributed by atoms with Gasteiger partial charge in [0.05, 0.1) is 0 Å². The van der Waals surface area contributed by atoms with Crippen molar-refractivity contribution in [2.24, 2.45) is 0 Å². The molecule has 0 aliphatic carbocycles. The molecule has 0 radical (unpaired) electrons. The normalized spacial score (nSPS) is 9.85. The highest BCUT2D eigenvalue weighted by Crippen LogP contribution is 2.13. The van der Waals surface area contributed by atoms with Crippen LogP contribution in [0.3, 0.4) is 0 Å². The van der Waals surface area contributed by atoms with Crippen LogP contribution in [0, 0.1) is 0 Å². The number of anilines is 1. The zero-order valence-corrected chi connectivity index (χ0v) is 12.2. The fraction of sp³-hybridized carbons (Fsp3) is 0.0667. The summed E-state index contributed by atoms with van der Waals surface area (Å²) in [6.07, 6.45) is 0. The Morgan fingerprint density at radius 1 is 1.05 bits per heavy atom. The predicted molar refractivity (Wildman–Crippen MR) is 86.0 cm³/mol. The minimum Gasteiger partial charge on any atom is -0.368 e. The van der Waals surface area contributed by atoms with Crippen molar-refractivity contribution < 1.29 is 4.79 Å². The molecule has 3 nitrogen and oxygen atoms in total. The Balaban J connectivity index is 1.86. The van der Waals surface area contributed by atoms with E-state index < -0.39 is 0 Å². The molecule has 102 valence electrons. The molecule has 0 aromatic heterocycles. The molecule has 5 heteroatoms. The molecule has 2 N–H and O–H groups in total. The number of rotatable bonds is 3. The van der Waals surface area contributed by atoms with E-state index >= 15 is 0 Å². The number of halogens is 1. The van der Waals surface area contributed by atoms with Gasteiger partial charge >= 0.3 is 0 Å². The highest BCUT2D eigenvalue weighted by molar-refractivity contribution is 7.82. The number of hydrogen-bond donors (Lipinski definition) is 2. The minimum absolute atomic E-state index is 0.156. The molecule has 0 unspecified atom stereocenters. The van der Waals surface area contributed by atoms with Crippen molar-refractivity contribution in [1.29, 1.82) is 0 Å². The van der Waals surface area contributed by atoms with Gasteiger partial charge in [0.25, 0.3) is 5.91 Å². The SMILES string of the molecule is O=C(Nc1ccc(Cl)cc1)C(=S)NCc1ccccc1. The molecule has 1 amide bonds. The Morgan fingerprint density at radius 3 is 2.35 bits per heavy atom. The Morgan fingerprint density at radius 2 is 1.70 bits per heavy atom. The van der Waals surface area contributed by atoms with Gasteiger partial charge in [-0.25, -0.2) is 0 Å². The summed E-state index contributed by atoms with van der Waals surface area (Å²) in [5.41, 5.74) is 1.72. The number of amides is 1. The fourth-order valence-corrected chi connectivity index (χ4v) is 1.83. The Bertz CT molecular complexity index is 599. The first kappa shape index (κ1) is 14.5. The predicted octanol–water partition coefficient (Wildman–Crippen LogP) is 3.40. The summed E-state index contributed by atoms with van der Waals surface area (Å²) in [5.74, 6) is -0.335. The molecule has 2 aromatic rings. The second kappa shape index (κ2) is 7.03. The largest absolute Gasteiger partial charge is 0.368 e. The third-order valence-corrected chi connectivity index (χ3v) is 3.19. The van der Waals surface area contributed by atoms with E-state index in [2.05, 4.69) is 10.6 Å². The number of hydrogen-bond acceptors (Lipinski definition) is 2. The van der Waals surface area contributed by atoms with Gasteiger partial charge in [-0.2, -0.15) is 0 Å². The molecule has 2 aromatic carbocycles. The molecule has 0 fully saturated rings. The van der Waals surface area contributed by atoms with Crippen LogP contribution in [0.2, 0.25) is 5.02 Å². The minimum atomic E-state index is -0.335. The maximum absolute atomic E-state index is 11.9. The van der Waals surface area contributed by atoms with Gasteiger partial charge in [-0.15, -0.1) is 0 Å². The molecular formula is C15H13ClN2OS. The topological polar surface area (TPSA) is 41.1 Å². The summed E-state index contributed by atoms with van der Waals surface area (Å²) < 4.78 is 0. The molecular weight excluding hydrogens is 292 g/mol. The number of nitrogens with one attached hydrogen (secondary N) is 2. The van der Waals surface area contributed by atoms with E-state index in [9.17, 15) is 4.79 Å². The van der Waals surface area contributed by atoms with Crippen molar-refractivity contribution in [1.82, 2.24) is 5.32 Å². The highest BCUT2D eigenvalue weighted by atomic mass is 35.5. The molecule has 0 saturated heterocycles. The third-order valence-electron chi connectivity index (χ3n) is 2.60. The van der Waals surface area contributed by atoms with E-state index in [1.807, 2.05) is 30.3 Å². The summed E-state index contributed by atoms with van der Waals surface area (Å²) in [7, 11) is 0. The van der Waals surface area contributed by atoms with Gasteiger partial charge in [0.1, 0.15) is 0 Å². The van der Waals surface area contributed by atoms with E-state index in [1.54, 1.807) is 24.3 Å². The highest BCUT2D eigenvalue weighted by Gasteiger charge is 2.08. The Hall–Kier alpha value is -1.91. The molecule has 0 spiro atoms. The van der Waals surface area contributed by atoms with Crippen molar-refractivity contribution >= 4 is 40.4 Å². The van der Waals surface area contributed by atoms with Gasteiger partial charge in [-0.3, -0.25) is 4.79 Å². The van der Waals surface area contributed by atoms with Gasteiger partial charge in [0, 0.05) is 17.3 Å². The van der Waals surface area contributed by atoms with Crippen LogP contribution >= 0.6 is 23.8 Å². The molecule has 0 saturated carbocycles. The van der Waals surface area contributed by atoms with E-state index in [4.69, 9.17) is 23.8 Å². The van der Waals surface area contributed by atoms with E-state index in [0.29, 0.717) is 17.3 Å². The van der Waals surface area contributed by atoms with E-state index in [1.165, 1.54) is 0 Å². The van der Waals surface area contributed by atoms with Crippen LogP contribution in [0.4, 0.5) is 5.69 Å². The molecule has 20 heavy (non-hydrogen) atoms. The smallest absolute Gasteiger partial charge is 0.283 e. The lowest BCUT2D eigenvalue weighted by Gasteiger charge is -2.09. The van der Waals surface area contributed by atoms with Crippen LogP contribution in [0.15, 0.2) is 54.6 Å². The summed E-state index contributed by atoms with van der Waals surface area (Å²) in [6, 6.07) is 16.6. The lowest BCUT2D eigenvalue weighted by atomic mass is 10.2. The molecule has 0 bridgehead atoms. The van der Waals surface area contributed by atoms with Gasteiger partial charge < -0.3 is 10.6 Å². The molecule has 0 heterocycles. The lowest BCUT2D eigenvalue weighted by molar-refractivity contribution is -0.110. The van der Waals surface area contributed by atoms with Crippen LogP contribution < -0.4 is 10.6 Å². The Labute approximate surface area is 128 Å². The first-order chi connectivity index (χ1) is 9.65. The number of carbonyl (C=O) groups excluding carboxylic acids is 1. The zero-order valence-electron chi connectivity index (χ0n) is 10.6. The maximum Gasteiger partial charge on any atom is 0.283 e. The number of thiocarbonyl (C=S) groups is 1. The third kappa shape index (κ3) is 4.33. The average Bonchev–Trinajstić information content (AvgIpc) is 2.48. The molecule has 0 aliphatic heterocycles. The number of benzene rings is 2. The summed E-state index contributed by atoms with van der Waals surface area (Å²) >= 11 is 10.8. The Kier molecular flexibility index (Phi) is 5.09. The van der Waals surface area contributed by atoms with Crippen molar-refractivity contribution in [2.45, 2.75) is 6.54 Å². The van der Waals surface area contributed by atoms with E-state index in [0.717, 1.165) is 5.56 Å². The van der Waals surface area contributed by atoms with Gasteiger partial charge in [0.15, 0.2) is 4.99 Å². The fourth-order valence-electron chi connectivity index (χ4n) is 1.58. The first-order valence-corrected chi connectivity index (χ1v) is 6.82. The van der Waals surface area contributed by atoms with Gasteiger partial charge in [-0.05, 0) is 29.8 Å². The summed E-state index contributed by atoms with van der Waals surface area (Å²) in [4.78, 5) is 12.0. The number of carbonyl (C=O) groups is 1. The van der Waals surface area contributed by atoms with Crippen LogP contribution in [0.5, 0.6) is 0 Å². The quantitative estimate of drug-likeness (QED) is 0.854. The molecule has 0 aliphatic rings. The average molecular weight is 305 g/mol. The van der Waals surface area contributed by atoms with Crippen molar-refractivity contribution in [3.05, 3.63) is 65.2 Å².